The molecule has 0 N–H and O–H groups in total. The Morgan fingerprint density at radius 2 is 1.83 bits per heavy atom. The summed E-state index contributed by atoms with van der Waals surface area (Å²) in [7, 11) is 0. The fraction of sp³-hybridized carbons (Fsp3) is 0.211. The van der Waals surface area contributed by atoms with Gasteiger partial charge in [-0.05, 0) is 18.2 Å². The first kappa shape index (κ1) is 14.6. The molecular formula is C19H18N4O. The highest BCUT2D eigenvalue weighted by atomic mass is 16.1. The van der Waals surface area contributed by atoms with Crippen molar-refractivity contribution in [3.63, 3.8) is 0 Å². The van der Waals surface area contributed by atoms with Crippen molar-refractivity contribution in [2.45, 2.75) is 0 Å². The van der Waals surface area contributed by atoms with E-state index < -0.39 is 0 Å². The Labute approximate surface area is 141 Å². The highest BCUT2D eigenvalue weighted by Crippen LogP contribution is 2.23. The molecule has 2 aliphatic heterocycles. The fourth-order valence-corrected chi connectivity index (χ4v) is 3.05. The van der Waals surface area contributed by atoms with Gasteiger partial charge in [-0.2, -0.15) is 0 Å². The van der Waals surface area contributed by atoms with Gasteiger partial charge in [-0.15, -0.1) is 0 Å². The number of fused-ring (bicyclic) bond motifs is 1. The van der Waals surface area contributed by atoms with Gasteiger partial charge >= 0.3 is 0 Å². The Hall–Kier alpha value is -2.95. The molecule has 1 aromatic carbocycles. The van der Waals surface area contributed by atoms with Crippen molar-refractivity contribution in [2.75, 3.05) is 26.2 Å². The number of aliphatic imine (C=N–C) groups is 1. The molecule has 1 fully saturated rings. The smallest absolute Gasteiger partial charge is 0.202 e. The van der Waals surface area contributed by atoms with Crippen LogP contribution in [0.3, 0.4) is 0 Å². The number of hydrogen-bond donors (Lipinski definition) is 0. The lowest BCUT2D eigenvalue weighted by atomic mass is 10.1. The molecule has 2 aliphatic rings. The standard InChI is InChI=1S/C19H18N4O/c24-18(16-4-2-1-3-5-16)14-23-13-12-22-11-8-17(21-19(22)23)15-6-9-20-10-7-15/h1-10H,11-14H2. The summed E-state index contributed by atoms with van der Waals surface area (Å²) in [4.78, 5) is 25.6. The zero-order chi connectivity index (χ0) is 16.4. The average Bonchev–Trinajstić information content (AvgIpc) is 3.05. The number of carbonyl (C=O) groups excluding carboxylic acids is 1. The SMILES string of the molecule is O=C(CN1CCN2CC=C(c3ccncc3)N=C21)c1ccccc1. The van der Waals surface area contributed by atoms with Crippen LogP contribution in [0.1, 0.15) is 15.9 Å². The van der Waals surface area contributed by atoms with E-state index in [0.29, 0.717) is 6.54 Å². The molecule has 0 spiro atoms. The molecule has 0 radical (unpaired) electrons. The van der Waals surface area contributed by atoms with Crippen LogP contribution in [0.2, 0.25) is 0 Å². The molecule has 1 saturated heterocycles. The van der Waals surface area contributed by atoms with Crippen LogP contribution in [-0.4, -0.2) is 52.7 Å². The Bertz CT molecular complexity index is 799. The highest BCUT2D eigenvalue weighted by molar-refractivity contribution is 6.00. The molecule has 0 atom stereocenters. The Morgan fingerprint density at radius 3 is 2.62 bits per heavy atom. The number of rotatable bonds is 4. The average molecular weight is 318 g/mol. The van der Waals surface area contributed by atoms with Gasteiger partial charge in [0.05, 0.1) is 12.2 Å². The zero-order valence-electron chi connectivity index (χ0n) is 13.3. The maximum Gasteiger partial charge on any atom is 0.202 e. The van der Waals surface area contributed by atoms with Crippen molar-refractivity contribution in [1.29, 1.82) is 0 Å². The number of aromatic nitrogens is 1. The molecule has 0 unspecified atom stereocenters. The van der Waals surface area contributed by atoms with Gasteiger partial charge in [-0.3, -0.25) is 9.78 Å². The number of Topliss-reactive ketones (excluding diaryl/α,β-unsaturated/α-hetero) is 1. The largest absolute Gasteiger partial charge is 0.337 e. The van der Waals surface area contributed by atoms with E-state index in [1.165, 1.54) is 0 Å². The maximum atomic E-state index is 12.5. The van der Waals surface area contributed by atoms with Gasteiger partial charge in [0.15, 0.2) is 5.78 Å². The van der Waals surface area contributed by atoms with Crippen LogP contribution >= 0.6 is 0 Å². The summed E-state index contributed by atoms with van der Waals surface area (Å²) in [6, 6.07) is 13.4. The van der Waals surface area contributed by atoms with E-state index in [1.807, 2.05) is 42.5 Å². The van der Waals surface area contributed by atoms with E-state index in [0.717, 1.165) is 42.4 Å². The molecule has 120 valence electrons. The van der Waals surface area contributed by atoms with E-state index in [4.69, 9.17) is 4.99 Å². The molecule has 0 amide bonds. The maximum absolute atomic E-state index is 12.5. The summed E-state index contributed by atoms with van der Waals surface area (Å²) in [5.41, 5.74) is 2.75. The van der Waals surface area contributed by atoms with Crippen molar-refractivity contribution in [3.05, 3.63) is 72.1 Å². The third kappa shape index (κ3) is 2.80. The lowest BCUT2D eigenvalue weighted by Gasteiger charge is -2.25. The monoisotopic (exact) mass is 318 g/mol. The number of carbonyl (C=O) groups is 1. The van der Waals surface area contributed by atoms with Crippen molar-refractivity contribution >= 4 is 17.4 Å². The Kier molecular flexibility index (Phi) is 3.83. The molecule has 0 bridgehead atoms. The summed E-state index contributed by atoms with van der Waals surface area (Å²) in [5.74, 6) is 1.02. The van der Waals surface area contributed by atoms with Crippen LogP contribution in [0.5, 0.6) is 0 Å². The minimum absolute atomic E-state index is 0.125. The summed E-state index contributed by atoms with van der Waals surface area (Å²) >= 11 is 0. The fourth-order valence-electron chi connectivity index (χ4n) is 3.05. The third-order valence-corrected chi connectivity index (χ3v) is 4.34. The van der Waals surface area contributed by atoms with Crippen LogP contribution in [0.15, 0.2) is 65.9 Å². The van der Waals surface area contributed by atoms with Crippen LogP contribution in [0.4, 0.5) is 0 Å². The van der Waals surface area contributed by atoms with Gasteiger partial charge in [-0.25, -0.2) is 4.99 Å². The number of guanidine groups is 1. The number of hydrogen-bond acceptors (Lipinski definition) is 5. The number of nitrogens with zero attached hydrogens (tertiary/aromatic N) is 4. The zero-order valence-corrected chi connectivity index (χ0v) is 13.3. The number of ketones is 1. The predicted octanol–water partition coefficient (Wildman–Crippen LogP) is 2.29. The van der Waals surface area contributed by atoms with Gasteiger partial charge in [0, 0.05) is 43.2 Å². The quantitative estimate of drug-likeness (QED) is 0.812. The molecule has 0 saturated carbocycles. The molecule has 4 rings (SSSR count). The molecule has 5 nitrogen and oxygen atoms in total. The minimum atomic E-state index is 0.125. The first-order chi connectivity index (χ1) is 11.8. The first-order valence-electron chi connectivity index (χ1n) is 8.09. The second-order valence-electron chi connectivity index (χ2n) is 5.89. The van der Waals surface area contributed by atoms with Gasteiger partial charge in [-0.1, -0.05) is 30.3 Å². The normalized spacial score (nSPS) is 16.5. The van der Waals surface area contributed by atoms with Crippen LogP contribution in [0.25, 0.3) is 5.70 Å². The molecule has 24 heavy (non-hydrogen) atoms. The van der Waals surface area contributed by atoms with E-state index in [2.05, 4.69) is 20.9 Å². The molecule has 0 aliphatic carbocycles. The first-order valence-corrected chi connectivity index (χ1v) is 8.09. The Morgan fingerprint density at radius 1 is 1.04 bits per heavy atom. The molecule has 5 heteroatoms. The van der Waals surface area contributed by atoms with Crippen molar-refractivity contribution in [2.24, 2.45) is 4.99 Å². The second kappa shape index (κ2) is 6.28. The van der Waals surface area contributed by atoms with Gasteiger partial charge in [0.25, 0.3) is 0 Å². The van der Waals surface area contributed by atoms with E-state index in [9.17, 15) is 4.79 Å². The van der Waals surface area contributed by atoms with Crippen molar-refractivity contribution in [3.8, 4) is 0 Å². The van der Waals surface area contributed by atoms with Crippen LogP contribution in [0, 0.1) is 0 Å². The lowest BCUT2D eigenvalue weighted by Crippen LogP contribution is -2.38. The van der Waals surface area contributed by atoms with Gasteiger partial charge in [0.1, 0.15) is 0 Å². The van der Waals surface area contributed by atoms with Crippen molar-refractivity contribution < 1.29 is 4.79 Å². The third-order valence-electron chi connectivity index (χ3n) is 4.34. The molecule has 3 heterocycles. The predicted molar refractivity (Wildman–Crippen MR) is 93.6 cm³/mol. The van der Waals surface area contributed by atoms with Gasteiger partial charge < -0.3 is 9.80 Å². The van der Waals surface area contributed by atoms with Crippen LogP contribution in [-0.2, 0) is 0 Å². The molecule has 2 aromatic rings. The van der Waals surface area contributed by atoms with Gasteiger partial charge in [0.2, 0.25) is 5.96 Å². The molecular weight excluding hydrogens is 300 g/mol. The highest BCUT2D eigenvalue weighted by Gasteiger charge is 2.30. The topological polar surface area (TPSA) is 48.8 Å². The lowest BCUT2D eigenvalue weighted by molar-refractivity contribution is 0.0966. The number of pyridine rings is 1. The summed E-state index contributed by atoms with van der Waals surface area (Å²) < 4.78 is 0. The molecule has 1 aromatic heterocycles. The van der Waals surface area contributed by atoms with E-state index >= 15 is 0 Å². The second-order valence-corrected chi connectivity index (χ2v) is 5.89. The van der Waals surface area contributed by atoms with Crippen LogP contribution < -0.4 is 0 Å². The summed E-state index contributed by atoms with van der Waals surface area (Å²) in [6.07, 6.45) is 5.67. The number of benzene rings is 1. The summed E-state index contributed by atoms with van der Waals surface area (Å²) in [5, 5.41) is 0. The summed E-state index contributed by atoms with van der Waals surface area (Å²) in [6.45, 7) is 2.92. The van der Waals surface area contributed by atoms with Crippen molar-refractivity contribution in [1.82, 2.24) is 14.8 Å². The van der Waals surface area contributed by atoms with E-state index in [-0.39, 0.29) is 5.78 Å². The minimum Gasteiger partial charge on any atom is -0.337 e. The Balaban J connectivity index is 1.55. The van der Waals surface area contributed by atoms with E-state index in [1.54, 1.807) is 12.4 Å².